The van der Waals surface area contributed by atoms with Crippen molar-refractivity contribution in [3.05, 3.63) is 23.8 Å². The number of nitrogens with one attached hydrogen (secondary N) is 1. The van der Waals surface area contributed by atoms with E-state index in [9.17, 15) is 4.79 Å². The number of hydrogen-bond acceptors (Lipinski definition) is 2. The van der Waals surface area contributed by atoms with Crippen molar-refractivity contribution in [2.24, 2.45) is 5.92 Å². The standard InChI is InChI=1S/C9H15N.C7H12O/c1-3-8-4-6-9(10-2)7-5-8;8-6-7-4-2-1-3-5-7/h4-6,9-10H,3,7H2,1-2H3;6-7H,1-5H2. The van der Waals surface area contributed by atoms with E-state index >= 15 is 0 Å². The van der Waals surface area contributed by atoms with E-state index in [-0.39, 0.29) is 0 Å². The molecule has 2 rings (SSSR count). The van der Waals surface area contributed by atoms with Crippen molar-refractivity contribution in [3.63, 3.8) is 0 Å². The topological polar surface area (TPSA) is 29.1 Å². The van der Waals surface area contributed by atoms with E-state index in [1.807, 2.05) is 7.05 Å². The Morgan fingerprint density at radius 1 is 1.33 bits per heavy atom. The van der Waals surface area contributed by atoms with E-state index < -0.39 is 0 Å². The van der Waals surface area contributed by atoms with Crippen LogP contribution in [0.5, 0.6) is 0 Å². The lowest BCUT2D eigenvalue weighted by Gasteiger charge is -2.14. The molecule has 0 aliphatic heterocycles. The Labute approximate surface area is 112 Å². The highest BCUT2D eigenvalue weighted by Crippen LogP contribution is 2.21. The lowest BCUT2D eigenvalue weighted by molar-refractivity contribution is -0.111. The molecule has 2 aliphatic carbocycles. The van der Waals surface area contributed by atoms with Crippen LogP contribution in [0.2, 0.25) is 0 Å². The summed E-state index contributed by atoms with van der Waals surface area (Å²) >= 11 is 0. The van der Waals surface area contributed by atoms with E-state index in [2.05, 4.69) is 30.5 Å². The quantitative estimate of drug-likeness (QED) is 0.774. The molecule has 1 fully saturated rings. The molecule has 2 heteroatoms. The molecule has 102 valence electrons. The molecule has 0 aromatic carbocycles. The number of hydrogen-bond donors (Lipinski definition) is 1. The molecule has 0 heterocycles. The number of rotatable bonds is 3. The van der Waals surface area contributed by atoms with Crippen LogP contribution in [-0.2, 0) is 4.79 Å². The van der Waals surface area contributed by atoms with Gasteiger partial charge in [0.05, 0.1) is 0 Å². The van der Waals surface area contributed by atoms with Gasteiger partial charge in [-0.05, 0) is 32.7 Å². The second kappa shape index (κ2) is 9.09. The van der Waals surface area contributed by atoms with Gasteiger partial charge in [0, 0.05) is 12.0 Å². The van der Waals surface area contributed by atoms with E-state index in [1.165, 1.54) is 24.8 Å². The Balaban J connectivity index is 0.000000184. The van der Waals surface area contributed by atoms with Crippen LogP contribution in [0.25, 0.3) is 0 Å². The first-order valence-electron chi connectivity index (χ1n) is 7.30. The minimum atomic E-state index is 0.406. The summed E-state index contributed by atoms with van der Waals surface area (Å²) in [4.78, 5) is 10.2. The van der Waals surface area contributed by atoms with Gasteiger partial charge in [0.25, 0.3) is 0 Å². The zero-order chi connectivity index (χ0) is 13.2. The molecule has 0 saturated heterocycles. The first kappa shape index (κ1) is 15.2. The average molecular weight is 249 g/mol. The maximum absolute atomic E-state index is 10.2. The fourth-order valence-corrected chi connectivity index (χ4v) is 2.41. The molecule has 0 amide bonds. The molecule has 1 N–H and O–H groups in total. The van der Waals surface area contributed by atoms with Gasteiger partial charge in [-0.1, -0.05) is 50.0 Å². The van der Waals surface area contributed by atoms with Gasteiger partial charge >= 0.3 is 0 Å². The van der Waals surface area contributed by atoms with Crippen LogP contribution in [0, 0.1) is 5.92 Å². The number of aldehydes is 1. The molecule has 2 aliphatic rings. The maximum atomic E-state index is 10.2. The Hall–Kier alpha value is -0.890. The largest absolute Gasteiger partial charge is 0.313 e. The molecule has 0 radical (unpaired) electrons. The summed E-state index contributed by atoms with van der Waals surface area (Å²) in [7, 11) is 2.00. The predicted molar refractivity (Wildman–Crippen MR) is 77.6 cm³/mol. The molecule has 2 nitrogen and oxygen atoms in total. The van der Waals surface area contributed by atoms with Crippen LogP contribution in [0.3, 0.4) is 0 Å². The van der Waals surface area contributed by atoms with Crippen molar-refractivity contribution in [1.29, 1.82) is 0 Å². The summed E-state index contributed by atoms with van der Waals surface area (Å²) in [6.07, 6.45) is 16.3. The van der Waals surface area contributed by atoms with Crippen LogP contribution < -0.4 is 5.32 Å². The third kappa shape index (κ3) is 5.63. The molecule has 0 bridgehead atoms. The van der Waals surface area contributed by atoms with Crippen LogP contribution in [0.4, 0.5) is 0 Å². The monoisotopic (exact) mass is 249 g/mol. The summed E-state index contributed by atoms with van der Waals surface area (Å²) in [5.74, 6) is 0.406. The Morgan fingerprint density at radius 2 is 2.06 bits per heavy atom. The van der Waals surface area contributed by atoms with Gasteiger partial charge < -0.3 is 10.1 Å². The number of likely N-dealkylation sites (N-methyl/N-ethyl adjacent to an activating group) is 1. The van der Waals surface area contributed by atoms with E-state index in [0.29, 0.717) is 12.0 Å². The van der Waals surface area contributed by atoms with Gasteiger partial charge in [-0.15, -0.1) is 0 Å². The zero-order valence-electron chi connectivity index (χ0n) is 11.8. The van der Waals surface area contributed by atoms with E-state index in [4.69, 9.17) is 0 Å². The number of carbonyl (C=O) groups excluding carboxylic acids is 1. The van der Waals surface area contributed by atoms with Crippen LogP contribution in [0.15, 0.2) is 23.8 Å². The Bertz CT molecular complexity index is 287. The SMILES string of the molecule is CCC1=CCC(NC)C=C1.O=CC1CCCCC1. The fourth-order valence-electron chi connectivity index (χ4n) is 2.41. The van der Waals surface area contributed by atoms with Gasteiger partial charge in [-0.3, -0.25) is 0 Å². The van der Waals surface area contributed by atoms with Crippen molar-refractivity contribution in [1.82, 2.24) is 5.32 Å². The van der Waals surface area contributed by atoms with Crippen LogP contribution >= 0.6 is 0 Å². The minimum absolute atomic E-state index is 0.406. The molecular formula is C16H27NO. The summed E-state index contributed by atoms with van der Waals surface area (Å²) in [5.41, 5.74) is 1.46. The van der Waals surface area contributed by atoms with Gasteiger partial charge in [-0.25, -0.2) is 0 Å². The average Bonchev–Trinajstić information content (AvgIpc) is 2.49. The Morgan fingerprint density at radius 3 is 2.44 bits per heavy atom. The van der Waals surface area contributed by atoms with E-state index in [0.717, 1.165) is 32.0 Å². The predicted octanol–water partition coefficient (Wildman–Crippen LogP) is 3.64. The van der Waals surface area contributed by atoms with Gasteiger partial charge in [0.15, 0.2) is 0 Å². The Kier molecular flexibility index (Phi) is 7.66. The summed E-state index contributed by atoms with van der Waals surface area (Å²) in [5, 5.41) is 3.22. The van der Waals surface area contributed by atoms with Crippen LogP contribution in [0.1, 0.15) is 51.9 Å². The van der Waals surface area contributed by atoms with Gasteiger partial charge in [0.2, 0.25) is 0 Å². The van der Waals surface area contributed by atoms with Crippen molar-refractivity contribution in [3.8, 4) is 0 Å². The summed E-state index contributed by atoms with van der Waals surface area (Å²) < 4.78 is 0. The molecule has 1 atom stereocenters. The molecule has 18 heavy (non-hydrogen) atoms. The molecule has 0 aromatic rings. The highest BCUT2D eigenvalue weighted by atomic mass is 16.1. The number of allylic oxidation sites excluding steroid dienone is 2. The highest BCUT2D eigenvalue weighted by Gasteiger charge is 2.10. The minimum Gasteiger partial charge on any atom is -0.313 e. The van der Waals surface area contributed by atoms with Crippen molar-refractivity contribution < 1.29 is 4.79 Å². The summed E-state index contributed by atoms with van der Waals surface area (Å²) in [6.45, 7) is 2.19. The third-order valence-corrected chi connectivity index (χ3v) is 3.80. The molecule has 0 aromatic heterocycles. The van der Waals surface area contributed by atoms with Crippen molar-refractivity contribution >= 4 is 6.29 Å². The second-order valence-electron chi connectivity index (χ2n) is 5.16. The normalized spacial score (nSPS) is 23.9. The van der Waals surface area contributed by atoms with Crippen LogP contribution in [-0.4, -0.2) is 19.4 Å². The first-order chi connectivity index (χ1) is 8.80. The lowest BCUT2D eigenvalue weighted by atomic mass is 9.91. The van der Waals surface area contributed by atoms with Gasteiger partial charge in [0.1, 0.15) is 6.29 Å². The third-order valence-electron chi connectivity index (χ3n) is 3.80. The van der Waals surface area contributed by atoms with Crippen molar-refractivity contribution in [2.45, 2.75) is 57.9 Å². The molecule has 0 spiro atoms. The maximum Gasteiger partial charge on any atom is 0.123 e. The fraction of sp³-hybridized carbons (Fsp3) is 0.688. The van der Waals surface area contributed by atoms with E-state index in [1.54, 1.807) is 0 Å². The molecule has 1 saturated carbocycles. The molecular weight excluding hydrogens is 222 g/mol. The lowest BCUT2D eigenvalue weighted by Crippen LogP contribution is -2.23. The summed E-state index contributed by atoms with van der Waals surface area (Å²) in [6, 6.07) is 0.565. The smallest absolute Gasteiger partial charge is 0.123 e. The molecule has 1 unspecified atom stereocenters. The second-order valence-corrected chi connectivity index (χ2v) is 5.16. The first-order valence-corrected chi connectivity index (χ1v) is 7.30. The van der Waals surface area contributed by atoms with Gasteiger partial charge in [-0.2, -0.15) is 0 Å². The van der Waals surface area contributed by atoms with Crippen molar-refractivity contribution in [2.75, 3.05) is 7.05 Å². The zero-order valence-corrected chi connectivity index (χ0v) is 11.8. The number of carbonyl (C=O) groups is 1. The highest BCUT2D eigenvalue weighted by molar-refractivity contribution is 5.53.